The van der Waals surface area contributed by atoms with Crippen molar-refractivity contribution in [1.82, 2.24) is 4.90 Å². The van der Waals surface area contributed by atoms with Gasteiger partial charge in [-0.15, -0.1) is 0 Å². The molecule has 0 saturated carbocycles. The van der Waals surface area contributed by atoms with Crippen LogP contribution in [0.25, 0.3) is 0 Å². The molecule has 0 bridgehead atoms. The topological polar surface area (TPSA) is 55.8 Å². The fourth-order valence-corrected chi connectivity index (χ4v) is 3.51. The van der Waals surface area contributed by atoms with Crippen molar-refractivity contribution >= 4 is 11.9 Å². The van der Waals surface area contributed by atoms with E-state index in [0.717, 1.165) is 16.9 Å². The lowest BCUT2D eigenvalue weighted by Crippen LogP contribution is -2.72. The molecule has 1 fully saturated rings. The molecule has 2 aliphatic heterocycles. The third kappa shape index (κ3) is 3.41. The fourth-order valence-electron chi connectivity index (χ4n) is 3.51. The molecular formula is C20H25NO4. The smallest absolute Gasteiger partial charge is 0.303 e. The standard InChI is InChI=1S/C20H25NO4/c1-12(2)11-21-17-18(24-14(4)22)13(3)9-10-15-7-5-6-8-16(15)25-19(17)20(21)23/h5-9,12,17-19H,10-11H2,1-4H3/b13-9-/t17-,18+,19+/m0/s1. The number of ether oxygens (including phenoxy) is 2. The molecule has 134 valence electrons. The number of fused-ring (bicyclic) bond motifs is 2. The molecule has 0 radical (unpaired) electrons. The van der Waals surface area contributed by atoms with E-state index in [1.807, 2.05) is 31.2 Å². The Morgan fingerprint density at radius 2 is 2.08 bits per heavy atom. The summed E-state index contributed by atoms with van der Waals surface area (Å²) in [5.41, 5.74) is 1.98. The number of β-lactam (4-membered cyclic amide) rings is 1. The van der Waals surface area contributed by atoms with Crippen LogP contribution in [0.2, 0.25) is 0 Å². The highest BCUT2D eigenvalue weighted by atomic mass is 16.6. The first-order valence-electron chi connectivity index (χ1n) is 8.77. The molecule has 3 atom stereocenters. The zero-order chi connectivity index (χ0) is 18.1. The summed E-state index contributed by atoms with van der Waals surface area (Å²) in [6.45, 7) is 8.10. The molecule has 25 heavy (non-hydrogen) atoms. The summed E-state index contributed by atoms with van der Waals surface area (Å²) in [7, 11) is 0. The lowest BCUT2D eigenvalue weighted by molar-refractivity contribution is -0.179. The van der Waals surface area contributed by atoms with E-state index in [0.29, 0.717) is 18.9 Å². The normalized spacial score (nSPS) is 27.6. The van der Waals surface area contributed by atoms with E-state index in [1.165, 1.54) is 6.92 Å². The predicted molar refractivity (Wildman–Crippen MR) is 94.2 cm³/mol. The lowest BCUT2D eigenvalue weighted by Gasteiger charge is -2.50. The molecule has 1 amide bonds. The highest BCUT2D eigenvalue weighted by Gasteiger charge is 2.55. The second kappa shape index (κ2) is 6.90. The maximum Gasteiger partial charge on any atom is 0.303 e. The zero-order valence-corrected chi connectivity index (χ0v) is 15.2. The van der Waals surface area contributed by atoms with Gasteiger partial charge in [0.1, 0.15) is 17.9 Å². The SMILES string of the molecule is CC(=O)O[C@@H]1/C(C)=C\Cc2ccccc2O[C@H]2C(=O)N(CC(C)C)[C@@H]12. The third-order valence-electron chi connectivity index (χ3n) is 4.68. The van der Waals surface area contributed by atoms with Crippen LogP contribution in [0.1, 0.15) is 33.3 Å². The molecule has 0 N–H and O–H groups in total. The Bertz CT molecular complexity index is 709. The van der Waals surface area contributed by atoms with Crippen LogP contribution in [-0.2, 0) is 20.7 Å². The Labute approximate surface area is 148 Å². The van der Waals surface area contributed by atoms with Crippen LogP contribution < -0.4 is 4.74 Å². The van der Waals surface area contributed by atoms with Gasteiger partial charge >= 0.3 is 5.97 Å². The van der Waals surface area contributed by atoms with Crippen molar-refractivity contribution in [2.24, 2.45) is 5.92 Å². The molecule has 0 aliphatic carbocycles. The molecule has 5 nitrogen and oxygen atoms in total. The quantitative estimate of drug-likeness (QED) is 0.481. The van der Waals surface area contributed by atoms with Gasteiger partial charge in [-0.3, -0.25) is 9.59 Å². The molecule has 1 saturated heterocycles. The average molecular weight is 343 g/mol. The number of hydrogen-bond acceptors (Lipinski definition) is 4. The number of likely N-dealkylation sites (tertiary alicyclic amines) is 1. The molecule has 0 aromatic heterocycles. The molecule has 0 unspecified atom stereocenters. The fraction of sp³-hybridized carbons (Fsp3) is 0.500. The van der Waals surface area contributed by atoms with Crippen molar-refractivity contribution < 1.29 is 19.1 Å². The summed E-state index contributed by atoms with van der Waals surface area (Å²) in [6, 6.07) is 7.45. The molecule has 5 heteroatoms. The first-order chi connectivity index (χ1) is 11.9. The van der Waals surface area contributed by atoms with Gasteiger partial charge in [0.25, 0.3) is 5.91 Å². The first-order valence-corrected chi connectivity index (χ1v) is 8.77. The van der Waals surface area contributed by atoms with Crippen molar-refractivity contribution in [1.29, 1.82) is 0 Å². The summed E-state index contributed by atoms with van der Waals surface area (Å²) in [6.07, 6.45) is 1.64. The number of carbonyl (C=O) groups excluding carboxylic acids is 2. The van der Waals surface area contributed by atoms with Gasteiger partial charge in [-0.25, -0.2) is 0 Å². The molecule has 1 aromatic carbocycles. The van der Waals surface area contributed by atoms with E-state index in [9.17, 15) is 9.59 Å². The number of para-hydroxylation sites is 1. The van der Waals surface area contributed by atoms with Crippen LogP contribution in [-0.4, -0.2) is 41.6 Å². The number of esters is 1. The highest BCUT2D eigenvalue weighted by Crippen LogP contribution is 2.35. The summed E-state index contributed by atoms with van der Waals surface area (Å²) in [4.78, 5) is 26.1. The first kappa shape index (κ1) is 17.5. The number of benzene rings is 1. The maximum atomic E-state index is 12.7. The van der Waals surface area contributed by atoms with Gasteiger partial charge in [-0.05, 0) is 36.5 Å². The number of amides is 1. The lowest BCUT2D eigenvalue weighted by atomic mass is 9.87. The number of nitrogens with zero attached hydrogens (tertiary/aromatic N) is 1. The third-order valence-corrected chi connectivity index (χ3v) is 4.68. The maximum absolute atomic E-state index is 12.7. The second-order valence-electron chi connectivity index (χ2n) is 7.20. The van der Waals surface area contributed by atoms with Crippen LogP contribution in [0.5, 0.6) is 5.75 Å². The van der Waals surface area contributed by atoms with Crippen molar-refractivity contribution in [3.8, 4) is 5.75 Å². The molecule has 1 aromatic rings. The van der Waals surface area contributed by atoms with Crippen LogP contribution >= 0.6 is 0 Å². The van der Waals surface area contributed by atoms with Gasteiger partial charge in [0.15, 0.2) is 0 Å². The molecule has 2 aliphatic rings. The number of hydrogen-bond donors (Lipinski definition) is 0. The van der Waals surface area contributed by atoms with Gasteiger partial charge in [-0.1, -0.05) is 38.1 Å². The van der Waals surface area contributed by atoms with E-state index >= 15 is 0 Å². The van der Waals surface area contributed by atoms with E-state index in [2.05, 4.69) is 19.9 Å². The van der Waals surface area contributed by atoms with E-state index in [1.54, 1.807) is 4.90 Å². The minimum atomic E-state index is -0.620. The summed E-state index contributed by atoms with van der Waals surface area (Å²) >= 11 is 0. The Morgan fingerprint density at radius 3 is 2.76 bits per heavy atom. The molecule has 2 heterocycles. The Balaban J connectivity index is 2.00. The van der Waals surface area contributed by atoms with Crippen LogP contribution in [0, 0.1) is 5.92 Å². The van der Waals surface area contributed by atoms with E-state index in [-0.39, 0.29) is 17.9 Å². The Kier molecular flexibility index (Phi) is 4.84. The zero-order valence-electron chi connectivity index (χ0n) is 15.2. The number of carbonyl (C=O) groups is 2. The summed E-state index contributed by atoms with van der Waals surface area (Å²) < 4.78 is 11.7. The van der Waals surface area contributed by atoms with Crippen molar-refractivity contribution in [2.75, 3.05) is 6.54 Å². The van der Waals surface area contributed by atoms with E-state index < -0.39 is 12.2 Å². The minimum Gasteiger partial charge on any atom is -0.478 e. The average Bonchev–Trinajstić information content (AvgIpc) is 2.61. The molecule has 3 rings (SSSR count). The summed E-state index contributed by atoms with van der Waals surface area (Å²) in [5, 5.41) is 0. The predicted octanol–water partition coefficient (Wildman–Crippen LogP) is 2.73. The summed E-state index contributed by atoms with van der Waals surface area (Å²) in [5.74, 6) is 0.659. The largest absolute Gasteiger partial charge is 0.478 e. The van der Waals surface area contributed by atoms with Gasteiger partial charge in [0.2, 0.25) is 6.10 Å². The van der Waals surface area contributed by atoms with E-state index in [4.69, 9.17) is 9.47 Å². The monoisotopic (exact) mass is 343 g/mol. The van der Waals surface area contributed by atoms with Crippen LogP contribution in [0.4, 0.5) is 0 Å². The minimum absolute atomic E-state index is 0.0413. The number of allylic oxidation sites excluding steroid dienone is 1. The molecular weight excluding hydrogens is 318 g/mol. The van der Waals surface area contributed by atoms with Gasteiger partial charge in [0.05, 0.1) is 0 Å². The van der Waals surface area contributed by atoms with Crippen LogP contribution in [0.3, 0.4) is 0 Å². The van der Waals surface area contributed by atoms with Crippen molar-refractivity contribution in [2.45, 2.75) is 52.4 Å². The highest BCUT2D eigenvalue weighted by molar-refractivity contribution is 5.89. The van der Waals surface area contributed by atoms with Crippen molar-refractivity contribution in [3.05, 3.63) is 41.5 Å². The van der Waals surface area contributed by atoms with Crippen molar-refractivity contribution in [3.63, 3.8) is 0 Å². The van der Waals surface area contributed by atoms with Gasteiger partial charge in [0, 0.05) is 13.5 Å². The Morgan fingerprint density at radius 1 is 1.36 bits per heavy atom. The second-order valence-corrected chi connectivity index (χ2v) is 7.20. The molecule has 0 spiro atoms. The Hall–Kier alpha value is -2.30. The van der Waals surface area contributed by atoms with Gasteiger partial charge in [-0.2, -0.15) is 0 Å². The number of rotatable bonds is 3. The van der Waals surface area contributed by atoms with Gasteiger partial charge < -0.3 is 14.4 Å². The van der Waals surface area contributed by atoms with Crippen LogP contribution in [0.15, 0.2) is 35.9 Å².